The van der Waals surface area contributed by atoms with Crippen molar-refractivity contribution in [2.75, 3.05) is 0 Å². The number of hydrogen-bond donors (Lipinski definition) is 2. The number of nitrogens with two attached hydrogens (primary N) is 2. The molecule has 1 aliphatic carbocycles. The minimum Gasteiger partial charge on any atom is -0.490 e. The number of benzene rings is 1. The van der Waals surface area contributed by atoms with Crippen LogP contribution in [-0.2, 0) is 4.79 Å². The molecule has 2 atom stereocenters. The molecule has 0 heterocycles. The summed E-state index contributed by atoms with van der Waals surface area (Å²) in [7, 11) is 0. The summed E-state index contributed by atoms with van der Waals surface area (Å²) in [5.74, 6) is -0.361. The van der Waals surface area contributed by atoms with E-state index in [4.69, 9.17) is 16.2 Å². The van der Waals surface area contributed by atoms with Gasteiger partial charge in [0, 0.05) is 12.5 Å². The Labute approximate surface area is 105 Å². The van der Waals surface area contributed by atoms with E-state index in [0.717, 1.165) is 0 Å². The Hall–Kier alpha value is -1.62. The zero-order valence-electron chi connectivity index (χ0n) is 10.3. The standard InChI is InChI=1S/C13H17FN2O2/c1-8-2-3-9(6-11(8)14)18-10-4-5-13(16,7-10)12(15)17/h2-3,6,10H,4-5,7,16H2,1H3,(H2,15,17). The predicted octanol–water partition coefficient (Wildman–Crippen LogP) is 1.25. The number of rotatable bonds is 3. The third-order valence-electron chi connectivity index (χ3n) is 3.44. The third kappa shape index (κ3) is 2.46. The van der Waals surface area contributed by atoms with Gasteiger partial charge in [-0.05, 0) is 31.4 Å². The molecule has 4 nitrogen and oxygen atoms in total. The van der Waals surface area contributed by atoms with Crippen LogP contribution in [-0.4, -0.2) is 17.6 Å². The summed E-state index contributed by atoms with van der Waals surface area (Å²) >= 11 is 0. The molecule has 4 N–H and O–H groups in total. The van der Waals surface area contributed by atoms with Gasteiger partial charge in [-0.25, -0.2) is 4.39 Å². The molecule has 0 radical (unpaired) electrons. The number of carbonyl (C=O) groups is 1. The van der Waals surface area contributed by atoms with Gasteiger partial charge in [0.1, 0.15) is 17.7 Å². The third-order valence-corrected chi connectivity index (χ3v) is 3.44. The van der Waals surface area contributed by atoms with Crippen molar-refractivity contribution < 1.29 is 13.9 Å². The van der Waals surface area contributed by atoms with E-state index < -0.39 is 11.4 Å². The lowest BCUT2D eigenvalue weighted by Gasteiger charge is -2.20. The van der Waals surface area contributed by atoms with E-state index in [2.05, 4.69) is 0 Å². The summed E-state index contributed by atoms with van der Waals surface area (Å²) in [6, 6.07) is 4.71. The van der Waals surface area contributed by atoms with Crippen molar-refractivity contribution in [1.82, 2.24) is 0 Å². The molecule has 5 heteroatoms. The fraction of sp³-hybridized carbons (Fsp3) is 0.462. The number of hydrogen-bond acceptors (Lipinski definition) is 3. The van der Waals surface area contributed by atoms with Crippen LogP contribution in [0.1, 0.15) is 24.8 Å². The Bertz CT molecular complexity index is 478. The molecule has 1 aromatic carbocycles. The monoisotopic (exact) mass is 252 g/mol. The zero-order valence-corrected chi connectivity index (χ0v) is 10.3. The van der Waals surface area contributed by atoms with Crippen LogP contribution in [0, 0.1) is 12.7 Å². The Balaban J connectivity index is 2.03. The maximum Gasteiger partial charge on any atom is 0.237 e. The van der Waals surface area contributed by atoms with Gasteiger partial charge in [-0.15, -0.1) is 0 Å². The van der Waals surface area contributed by atoms with E-state index >= 15 is 0 Å². The molecule has 18 heavy (non-hydrogen) atoms. The average molecular weight is 252 g/mol. The summed E-state index contributed by atoms with van der Waals surface area (Å²) < 4.78 is 19.0. The largest absolute Gasteiger partial charge is 0.490 e. The number of aryl methyl sites for hydroxylation is 1. The highest BCUT2D eigenvalue weighted by Gasteiger charge is 2.41. The Morgan fingerprint density at radius 2 is 2.28 bits per heavy atom. The van der Waals surface area contributed by atoms with Crippen molar-refractivity contribution in [3.8, 4) is 5.75 Å². The van der Waals surface area contributed by atoms with E-state index in [9.17, 15) is 9.18 Å². The zero-order chi connectivity index (χ0) is 13.3. The highest BCUT2D eigenvalue weighted by Crippen LogP contribution is 2.31. The number of amides is 1. The van der Waals surface area contributed by atoms with Gasteiger partial charge in [-0.2, -0.15) is 0 Å². The van der Waals surface area contributed by atoms with Crippen molar-refractivity contribution in [1.29, 1.82) is 0 Å². The number of halogens is 1. The summed E-state index contributed by atoms with van der Waals surface area (Å²) in [5.41, 5.74) is 10.7. The molecule has 0 aliphatic heterocycles. The summed E-state index contributed by atoms with van der Waals surface area (Å²) in [6.07, 6.45) is 1.33. The molecule has 1 aliphatic rings. The molecule has 1 amide bonds. The fourth-order valence-electron chi connectivity index (χ4n) is 2.19. The molecule has 0 aromatic heterocycles. The minimum atomic E-state index is -0.992. The van der Waals surface area contributed by atoms with Crippen LogP contribution < -0.4 is 16.2 Å². The van der Waals surface area contributed by atoms with Crippen LogP contribution >= 0.6 is 0 Å². The first-order chi connectivity index (χ1) is 8.40. The quantitative estimate of drug-likeness (QED) is 0.849. The van der Waals surface area contributed by atoms with Gasteiger partial charge in [0.25, 0.3) is 0 Å². The second-order valence-electron chi connectivity index (χ2n) is 4.91. The lowest BCUT2D eigenvalue weighted by Crippen LogP contribution is -2.50. The van der Waals surface area contributed by atoms with Gasteiger partial charge in [0.2, 0.25) is 5.91 Å². The van der Waals surface area contributed by atoms with Gasteiger partial charge in [-0.3, -0.25) is 4.79 Å². The highest BCUT2D eigenvalue weighted by atomic mass is 19.1. The van der Waals surface area contributed by atoms with Crippen molar-refractivity contribution in [3.63, 3.8) is 0 Å². The van der Waals surface area contributed by atoms with Gasteiger partial charge in [0.15, 0.2) is 0 Å². The Morgan fingerprint density at radius 3 is 2.83 bits per heavy atom. The SMILES string of the molecule is Cc1ccc(OC2CCC(N)(C(N)=O)C2)cc1F. The summed E-state index contributed by atoms with van der Waals surface area (Å²) in [6.45, 7) is 1.69. The second kappa shape index (κ2) is 4.57. The second-order valence-corrected chi connectivity index (χ2v) is 4.91. The van der Waals surface area contributed by atoms with Crippen molar-refractivity contribution in [3.05, 3.63) is 29.6 Å². The molecule has 98 valence electrons. The first-order valence-electron chi connectivity index (χ1n) is 5.92. The summed E-state index contributed by atoms with van der Waals surface area (Å²) in [4.78, 5) is 11.2. The van der Waals surface area contributed by atoms with E-state index in [1.165, 1.54) is 6.07 Å². The molecule has 2 unspecified atom stereocenters. The lowest BCUT2D eigenvalue weighted by molar-refractivity contribution is -0.123. The molecule has 0 spiro atoms. The smallest absolute Gasteiger partial charge is 0.237 e. The van der Waals surface area contributed by atoms with Crippen LogP contribution in [0.3, 0.4) is 0 Å². The maximum atomic E-state index is 13.4. The maximum absolute atomic E-state index is 13.4. The molecule has 1 aromatic rings. The number of ether oxygens (including phenoxy) is 1. The Morgan fingerprint density at radius 1 is 1.56 bits per heavy atom. The van der Waals surface area contributed by atoms with Gasteiger partial charge >= 0.3 is 0 Å². The fourth-order valence-corrected chi connectivity index (χ4v) is 2.19. The van der Waals surface area contributed by atoms with Crippen LogP contribution in [0.5, 0.6) is 5.75 Å². The molecular formula is C13H17FN2O2. The first-order valence-corrected chi connectivity index (χ1v) is 5.92. The lowest BCUT2D eigenvalue weighted by atomic mass is 9.99. The van der Waals surface area contributed by atoms with E-state index in [0.29, 0.717) is 30.6 Å². The molecule has 2 rings (SSSR count). The van der Waals surface area contributed by atoms with Gasteiger partial charge < -0.3 is 16.2 Å². The molecular weight excluding hydrogens is 235 g/mol. The van der Waals surface area contributed by atoms with Gasteiger partial charge in [0.05, 0.1) is 5.54 Å². The van der Waals surface area contributed by atoms with Crippen molar-refractivity contribution in [2.24, 2.45) is 11.5 Å². The molecule has 0 saturated heterocycles. The molecule has 1 saturated carbocycles. The van der Waals surface area contributed by atoms with Crippen molar-refractivity contribution in [2.45, 2.75) is 37.8 Å². The van der Waals surface area contributed by atoms with Gasteiger partial charge in [-0.1, -0.05) is 6.07 Å². The average Bonchev–Trinajstić information content (AvgIpc) is 2.67. The van der Waals surface area contributed by atoms with E-state index in [-0.39, 0.29) is 11.9 Å². The van der Waals surface area contributed by atoms with Crippen molar-refractivity contribution >= 4 is 5.91 Å². The topological polar surface area (TPSA) is 78.3 Å². The first kappa shape index (κ1) is 12.8. The van der Waals surface area contributed by atoms with Crippen LogP contribution in [0.25, 0.3) is 0 Å². The predicted molar refractivity (Wildman–Crippen MR) is 65.5 cm³/mol. The van der Waals surface area contributed by atoms with Crippen LogP contribution in [0.15, 0.2) is 18.2 Å². The molecule has 1 fully saturated rings. The molecule has 0 bridgehead atoms. The Kier molecular flexibility index (Phi) is 3.26. The van der Waals surface area contributed by atoms with E-state index in [1.54, 1.807) is 19.1 Å². The summed E-state index contributed by atoms with van der Waals surface area (Å²) in [5, 5.41) is 0. The van der Waals surface area contributed by atoms with Crippen LogP contribution in [0.2, 0.25) is 0 Å². The number of carbonyl (C=O) groups excluding carboxylic acids is 1. The highest BCUT2D eigenvalue weighted by molar-refractivity contribution is 5.84. The normalized spacial score (nSPS) is 27.2. The number of primary amides is 1. The van der Waals surface area contributed by atoms with Crippen LogP contribution in [0.4, 0.5) is 4.39 Å². The minimum absolute atomic E-state index is 0.190. The van der Waals surface area contributed by atoms with E-state index in [1.807, 2.05) is 0 Å².